The zero-order valence-corrected chi connectivity index (χ0v) is 12.0. The van der Waals surface area contributed by atoms with E-state index in [1.54, 1.807) is 0 Å². The van der Waals surface area contributed by atoms with Crippen molar-refractivity contribution in [3.8, 4) is 11.4 Å². The smallest absolute Gasteiger partial charge is 0.204 e. The fourth-order valence-electron chi connectivity index (χ4n) is 2.14. The van der Waals surface area contributed by atoms with Crippen LogP contribution in [0.4, 0.5) is 8.78 Å². The van der Waals surface area contributed by atoms with Gasteiger partial charge < -0.3 is 0 Å². The molecular weight excluding hydrogens is 286 g/mol. The van der Waals surface area contributed by atoms with Gasteiger partial charge >= 0.3 is 0 Å². The molecule has 0 saturated carbocycles. The van der Waals surface area contributed by atoms with Crippen molar-refractivity contribution in [2.24, 2.45) is 0 Å². The largest absolute Gasteiger partial charge is 0.204 e. The molecule has 22 heavy (non-hydrogen) atoms. The molecule has 0 spiro atoms. The summed E-state index contributed by atoms with van der Waals surface area (Å²) in [5, 5.41) is 12.1. The average molecular weight is 300 g/mol. The molecule has 0 aliphatic heterocycles. The van der Waals surface area contributed by atoms with Crippen LogP contribution in [-0.2, 0) is 13.0 Å². The molecule has 0 aliphatic rings. The highest BCUT2D eigenvalue weighted by molar-refractivity contribution is 5.54. The summed E-state index contributed by atoms with van der Waals surface area (Å²) in [5.74, 6) is -1.30. The Morgan fingerprint density at radius 3 is 2.55 bits per heavy atom. The van der Waals surface area contributed by atoms with E-state index in [1.807, 2.05) is 24.3 Å². The highest BCUT2D eigenvalue weighted by Gasteiger charge is 2.11. The van der Waals surface area contributed by atoms with Gasteiger partial charge in [-0.25, -0.2) is 8.78 Å². The number of tetrazole rings is 1. The second kappa shape index (κ2) is 6.01. The van der Waals surface area contributed by atoms with Gasteiger partial charge in [-0.1, -0.05) is 43.3 Å². The van der Waals surface area contributed by atoms with Gasteiger partial charge in [-0.3, -0.25) is 0 Å². The number of aromatic nitrogens is 4. The van der Waals surface area contributed by atoms with Crippen molar-refractivity contribution in [2.45, 2.75) is 19.9 Å². The van der Waals surface area contributed by atoms with Crippen LogP contribution < -0.4 is 0 Å². The van der Waals surface area contributed by atoms with Crippen LogP contribution in [0.1, 0.15) is 18.1 Å². The maximum Gasteiger partial charge on any atom is 0.204 e. The minimum absolute atomic E-state index is 0.0314. The Bertz CT molecular complexity index is 781. The summed E-state index contributed by atoms with van der Waals surface area (Å²) in [6.45, 7) is 2.11. The van der Waals surface area contributed by atoms with Crippen LogP contribution in [0.15, 0.2) is 42.5 Å². The maximum atomic E-state index is 13.6. The first-order valence-electron chi connectivity index (χ1n) is 6.97. The molecular formula is C16H14F2N4. The Kier molecular flexibility index (Phi) is 3.91. The van der Waals surface area contributed by atoms with Crippen LogP contribution in [0.2, 0.25) is 0 Å². The molecule has 2 aromatic carbocycles. The van der Waals surface area contributed by atoms with Crippen LogP contribution in [0.25, 0.3) is 11.4 Å². The Morgan fingerprint density at radius 2 is 1.82 bits per heavy atom. The Labute approximate surface area is 126 Å². The van der Waals surface area contributed by atoms with Gasteiger partial charge in [0.15, 0.2) is 11.6 Å². The molecule has 0 N–H and O–H groups in total. The summed E-state index contributed by atoms with van der Waals surface area (Å²) in [6.07, 6.45) is 0.958. The summed E-state index contributed by atoms with van der Waals surface area (Å²) in [4.78, 5) is 1.25. The highest BCUT2D eigenvalue weighted by atomic mass is 19.2. The second-order valence-corrected chi connectivity index (χ2v) is 4.91. The van der Waals surface area contributed by atoms with Crippen molar-refractivity contribution in [1.82, 2.24) is 20.2 Å². The normalized spacial score (nSPS) is 10.9. The first kappa shape index (κ1) is 14.3. The van der Waals surface area contributed by atoms with Crippen molar-refractivity contribution in [3.05, 3.63) is 65.2 Å². The minimum Gasteiger partial charge on any atom is -0.204 e. The molecule has 1 heterocycles. The van der Waals surface area contributed by atoms with E-state index in [-0.39, 0.29) is 12.1 Å². The van der Waals surface area contributed by atoms with E-state index in [0.29, 0.717) is 5.82 Å². The van der Waals surface area contributed by atoms with E-state index < -0.39 is 11.6 Å². The van der Waals surface area contributed by atoms with Crippen LogP contribution in [0.3, 0.4) is 0 Å². The number of halogens is 2. The standard InChI is InChI=1S/C16H14F2N4/c1-2-11-6-8-12(9-7-11)16-19-21-22(20-16)10-13-4-3-5-14(17)15(13)18/h3-9H,2,10H2,1H3. The lowest BCUT2D eigenvalue weighted by Crippen LogP contribution is -2.06. The van der Waals surface area contributed by atoms with Crippen LogP contribution in [0.5, 0.6) is 0 Å². The van der Waals surface area contributed by atoms with Crippen LogP contribution in [-0.4, -0.2) is 20.2 Å². The number of hydrogen-bond acceptors (Lipinski definition) is 3. The molecule has 0 radical (unpaired) electrons. The molecule has 0 amide bonds. The molecule has 3 aromatic rings. The van der Waals surface area contributed by atoms with Gasteiger partial charge in [0.25, 0.3) is 0 Å². The van der Waals surface area contributed by atoms with Crippen molar-refractivity contribution in [1.29, 1.82) is 0 Å². The predicted molar refractivity (Wildman–Crippen MR) is 78.1 cm³/mol. The molecule has 0 unspecified atom stereocenters. The van der Waals surface area contributed by atoms with Crippen molar-refractivity contribution >= 4 is 0 Å². The molecule has 0 bridgehead atoms. The quantitative estimate of drug-likeness (QED) is 0.743. The molecule has 6 heteroatoms. The van der Waals surface area contributed by atoms with Crippen LogP contribution >= 0.6 is 0 Å². The third-order valence-electron chi connectivity index (χ3n) is 3.42. The number of rotatable bonds is 4. The van der Waals surface area contributed by atoms with E-state index in [0.717, 1.165) is 18.1 Å². The molecule has 4 nitrogen and oxygen atoms in total. The van der Waals surface area contributed by atoms with Gasteiger partial charge in [-0.2, -0.15) is 4.80 Å². The molecule has 3 rings (SSSR count). The summed E-state index contributed by atoms with van der Waals surface area (Å²) in [6, 6.07) is 11.9. The van der Waals surface area contributed by atoms with Crippen molar-refractivity contribution in [2.75, 3.05) is 0 Å². The van der Waals surface area contributed by atoms with E-state index >= 15 is 0 Å². The fourth-order valence-corrected chi connectivity index (χ4v) is 2.14. The summed E-state index contributed by atoms with van der Waals surface area (Å²) < 4.78 is 26.8. The first-order valence-corrected chi connectivity index (χ1v) is 6.97. The molecule has 0 atom stereocenters. The molecule has 0 saturated heterocycles. The van der Waals surface area contributed by atoms with E-state index in [2.05, 4.69) is 22.3 Å². The molecule has 0 fully saturated rings. The zero-order chi connectivity index (χ0) is 15.5. The van der Waals surface area contributed by atoms with Gasteiger partial charge in [0.2, 0.25) is 5.82 Å². The van der Waals surface area contributed by atoms with E-state index in [4.69, 9.17) is 0 Å². The van der Waals surface area contributed by atoms with E-state index in [9.17, 15) is 8.78 Å². The number of hydrogen-bond donors (Lipinski definition) is 0. The Morgan fingerprint density at radius 1 is 1.05 bits per heavy atom. The predicted octanol–water partition coefficient (Wildman–Crippen LogP) is 3.23. The molecule has 1 aromatic heterocycles. The first-order chi connectivity index (χ1) is 10.7. The van der Waals surface area contributed by atoms with Crippen molar-refractivity contribution < 1.29 is 8.78 Å². The van der Waals surface area contributed by atoms with Gasteiger partial charge in [0.05, 0.1) is 6.54 Å². The third kappa shape index (κ3) is 2.86. The van der Waals surface area contributed by atoms with Crippen molar-refractivity contribution in [3.63, 3.8) is 0 Å². The lowest BCUT2D eigenvalue weighted by Gasteiger charge is -2.02. The SMILES string of the molecule is CCc1ccc(-c2nnn(Cc3cccc(F)c3F)n2)cc1. The number of benzene rings is 2. The van der Waals surface area contributed by atoms with E-state index in [1.165, 1.54) is 22.5 Å². The lowest BCUT2D eigenvalue weighted by atomic mass is 10.1. The number of nitrogens with zero attached hydrogens (tertiary/aromatic N) is 4. The second-order valence-electron chi connectivity index (χ2n) is 4.91. The maximum absolute atomic E-state index is 13.6. The third-order valence-corrected chi connectivity index (χ3v) is 3.42. The Hall–Kier alpha value is -2.63. The van der Waals surface area contributed by atoms with Gasteiger partial charge in [-0.15, -0.1) is 10.2 Å². The molecule has 112 valence electrons. The highest BCUT2D eigenvalue weighted by Crippen LogP contribution is 2.16. The number of aryl methyl sites for hydroxylation is 1. The van der Waals surface area contributed by atoms with Crippen LogP contribution in [0, 0.1) is 11.6 Å². The summed E-state index contributed by atoms with van der Waals surface area (Å²) >= 11 is 0. The van der Waals surface area contributed by atoms with Gasteiger partial charge in [0.1, 0.15) is 0 Å². The Balaban J connectivity index is 1.82. The summed E-state index contributed by atoms with van der Waals surface area (Å²) in [7, 11) is 0. The molecule has 0 aliphatic carbocycles. The van der Waals surface area contributed by atoms with Gasteiger partial charge in [-0.05, 0) is 23.3 Å². The minimum atomic E-state index is -0.881. The monoisotopic (exact) mass is 300 g/mol. The zero-order valence-electron chi connectivity index (χ0n) is 12.0. The fraction of sp³-hybridized carbons (Fsp3) is 0.188. The van der Waals surface area contributed by atoms with Gasteiger partial charge in [0, 0.05) is 11.1 Å². The topological polar surface area (TPSA) is 43.6 Å². The average Bonchev–Trinajstić information content (AvgIpc) is 3.00. The lowest BCUT2D eigenvalue weighted by molar-refractivity contribution is 0.481. The summed E-state index contributed by atoms with van der Waals surface area (Å²) in [5.41, 5.74) is 2.24.